The molecule has 6 heteroatoms. The van der Waals surface area contributed by atoms with E-state index in [2.05, 4.69) is 11.0 Å². The second-order valence-electron chi connectivity index (χ2n) is 8.11. The Balaban J connectivity index is 0.00000272. The molecule has 4 nitrogen and oxygen atoms in total. The summed E-state index contributed by atoms with van der Waals surface area (Å²) in [5, 5.41) is 23.3. The first-order chi connectivity index (χ1) is 14.6. The first kappa shape index (κ1) is 23.5. The van der Waals surface area contributed by atoms with Crippen LogP contribution in [0.15, 0.2) is 66.7 Å². The Hall–Kier alpha value is -2.18. The predicted molar refractivity (Wildman–Crippen MR) is 123 cm³/mol. The molecular weight excluding hydrogens is 417 g/mol. The topological polar surface area (TPSA) is 52.9 Å². The highest BCUT2D eigenvalue weighted by atomic mass is 35.5. The highest BCUT2D eigenvalue weighted by molar-refractivity contribution is 5.85. The number of piperidine rings is 1. The van der Waals surface area contributed by atoms with Gasteiger partial charge in [-0.2, -0.15) is 0 Å². The number of aliphatic hydroxyl groups excluding tert-OH is 2. The fourth-order valence-corrected chi connectivity index (χ4v) is 4.18. The van der Waals surface area contributed by atoms with Gasteiger partial charge in [-0.05, 0) is 72.5 Å². The van der Waals surface area contributed by atoms with Crippen LogP contribution in [-0.2, 0) is 0 Å². The van der Waals surface area contributed by atoms with Crippen LogP contribution in [0.5, 0.6) is 5.75 Å². The lowest BCUT2D eigenvalue weighted by Gasteiger charge is -2.35. The average Bonchev–Trinajstić information content (AvgIpc) is 2.78. The first-order valence-corrected chi connectivity index (χ1v) is 10.5. The van der Waals surface area contributed by atoms with E-state index in [0.717, 1.165) is 48.0 Å². The molecule has 1 aliphatic heterocycles. The van der Waals surface area contributed by atoms with Crippen molar-refractivity contribution >= 4 is 23.2 Å². The molecule has 1 heterocycles. The molecule has 166 valence electrons. The number of hydrogen-bond donors (Lipinski definition) is 2. The van der Waals surface area contributed by atoms with Crippen molar-refractivity contribution in [3.63, 3.8) is 0 Å². The van der Waals surface area contributed by atoms with Crippen LogP contribution < -0.4 is 4.74 Å². The normalized spacial score (nSPS) is 17.1. The monoisotopic (exact) mass is 445 g/mol. The second kappa shape index (κ2) is 10.9. The van der Waals surface area contributed by atoms with E-state index >= 15 is 0 Å². The number of benzene rings is 3. The van der Waals surface area contributed by atoms with E-state index in [1.165, 1.54) is 12.1 Å². The van der Waals surface area contributed by atoms with Gasteiger partial charge in [0.2, 0.25) is 0 Å². The highest BCUT2D eigenvalue weighted by Crippen LogP contribution is 2.31. The Labute approximate surface area is 188 Å². The summed E-state index contributed by atoms with van der Waals surface area (Å²) in [4.78, 5) is 2.21. The standard InChI is InChI=1S/C25H28FNO3.ClH/c26-22-8-5-19(6-9-22)25(29)20-11-13-27(14-12-20)16-23(28)17-30-24-10-7-18-3-1-2-4-21(18)15-24;/h1-10,15,20,23,25,28-29H,11-14,16-17H2;1H. The van der Waals surface area contributed by atoms with Crippen molar-refractivity contribution in [2.45, 2.75) is 25.0 Å². The molecule has 3 aromatic carbocycles. The van der Waals surface area contributed by atoms with E-state index in [1.807, 2.05) is 36.4 Å². The van der Waals surface area contributed by atoms with E-state index in [1.54, 1.807) is 12.1 Å². The molecular formula is C25H29ClFNO3. The average molecular weight is 446 g/mol. The summed E-state index contributed by atoms with van der Waals surface area (Å²) in [6, 6.07) is 20.1. The van der Waals surface area contributed by atoms with Gasteiger partial charge in [0.1, 0.15) is 24.3 Å². The number of nitrogens with zero attached hydrogens (tertiary/aromatic N) is 1. The zero-order valence-corrected chi connectivity index (χ0v) is 18.2. The molecule has 1 saturated heterocycles. The van der Waals surface area contributed by atoms with Gasteiger partial charge in [0.15, 0.2) is 0 Å². The minimum atomic E-state index is -0.575. The fourth-order valence-electron chi connectivity index (χ4n) is 4.18. The van der Waals surface area contributed by atoms with E-state index in [0.29, 0.717) is 6.54 Å². The Kier molecular flexibility index (Phi) is 8.27. The lowest BCUT2D eigenvalue weighted by molar-refractivity contribution is 0.0278. The maximum absolute atomic E-state index is 13.1. The molecule has 3 aromatic rings. The van der Waals surface area contributed by atoms with Gasteiger partial charge in [0, 0.05) is 6.54 Å². The van der Waals surface area contributed by atoms with Gasteiger partial charge in [-0.25, -0.2) is 4.39 Å². The van der Waals surface area contributed by atoms with Crippen LogP contribution >= 0.6 is 12.4 Å². The third-order valence-corrected chi connectivity index (χ3v) is 5.92. The van der Waals surface area contributed by atoms with Crippen LogP contribution in [0.2, 0.25) is 0 Å². The van der Waals surface area contributed by atoms with Gasteiger partial charge in [-0.3, -0.25) is 0 Å². The molecule has 2 unspecified atom stereocenters. The SMILES string of the molecule is Cl.OC(COc1ccc2ccccc2c1)CN1CCC(C(O)c2ccc(F)cc2)CC1. The van der Waals surface area contributed by atoms with Gasteiger partial charge in [-0.1, -0.05) is 42.5 Å². The minimum absolute atomic E-state index is 0. The van der Waals surface area contributed by atoms with Crippen LogP contribution in [0.3, 0.4) is 0 Å². The van der Waals surface area contributed by atoms with Crippen molar-refractivity contribution in [3.8, 4) is 5.75 Å². The molecule has 4 rings (SSSR count). The molecule has 0 bridgehead atoms. The molecule has 1 fully saturated rings. The predicted octanol–water partition coefficient (Wildman–Crippen LogP) is 4.59. The van der Waals surface area contributed by atoms with Crippen molar-refractivity contribution in [1.82, 2.24) is 4.90 Å². The van der Waals surface area contributed by atoms with Crippen molar-refractivity contribution in [3.05, 3.63) is 78.1 Å². The lowest BCUT2D eigenvalue weighted by Crippen LogP contribution is -2.41. The molecule has 0 saturated carbocycles. The molecule has 31 heavy (non-hydrogen) atoms. The van der Waals surface area contributed by atoms with Gasteiger partial charge in [0.05, 0.1) is 6.10 Å². The minimum Gasteiger partial charge on any atom is -0.491 e. The molecule has 1 aliphatic rings. The van der Waals surface area contributed by atoms with Crippen LogP contribution in [0.4, 0.5) is 4.39 Å². The Morgan fingerprint density at radius 2 is 1.61 bits per heavy atom. The molecule has 2 N–H and O–H groups in total. The Morgan fingerprint density at radius 3 is 2.32 bits per heavy atom. The van der Waals surface area contributed by atoms with Crippen LogP contribution in [-0.4, -0.2) is 47.5 Å². The van der Waals surface area contributed by atoms with E-state index in [-0.39, 0.29) is 30.7 Å². The summed E-state index contributed by atoms with van der Waals surface area (Å²) in [6.07, 6.45) is 0.539. The summed E-state index contributed by atoms with van der Waals surface area (Å²) in [7, 11) is 0. The van der Waals surface area contributed by atoms with E-state index in [4.69, 9.17) is 4.74 Å². The number of fused-ring (bicyclic) bond motifs is 1. The zero-order valence-electron chi connectivity index (χ0n) is 17.4. The molecule has 2 atom stereocenters. The molecule has 0 aliphatic carbocycles. The maximum Gasteiger partial charge on any atom is 0.123 e. The molecule has 0 radical (unpaired) electrons. The summed E-state index contributed by atoms with van der Waals surface area (Å²) < 4.78 is 18.9. The number of rotatable bonds is 7. The Morgan fingerprint density at radius 1 is 0.935 bits per heavy atom. The highest BCUT2D eigenvalue weighted by Gasteiger charge is 2.27. The van der Waals surface area contributed by atoms with E-state index < -0.39 is 12.2 Å². The largest absolute Gasteiger partial charge is 0.491 e. The summed E-state index contributed by atoms with van der Waals surface area (Å²) >= 11 is 0. The quantitative estimate of drug-likeness (QED) is 0.558. The van der Waals surface area contributed by atoms with Crippen molar-refractivity contribution < 1.29 is 19.3 Å². The molecule has 0 aromatic heterocycles. The number of aliphatic hydroxyl groups is 2. The van der Waals surface area contributed by atoms with Crippen LogP contribution in [0, 0.1) is 11.7 Å². The summed E-state index contributed by atoms with van der Waals surface area (Å²) in [5.74, 6) is 0.618. The summed E-state index contributed by atoms with van der Waals surface area (Å²) in [5.41, 5.74) is 0.763. The van der Waals surface area contributed by atoms with Crippen molar-refractivity contribution in [2.75, 3.05) is 26.2 Å². The van der Waals surface area contributed by atoms with Crippen LogP contribution in [0.25, 0.3) is 10.8 Å². The molecule has 0 amide bonds. The zero-order chi connectivity index (χ0) is 20.9. The number of halogens is 2. The van der Waals surface area contributed by atoms with Gasteiger partial charge < -0.3 is 19.8 Å². The first-order valence-electron chi connectivity index (χ1n) is 10.5. The number of ether oxygens (including phenoxy) is 1. The molecule has 0 spiro atoms. The van der Waals surface area contributed by atoms with Crippen molar-refractivity contribution in [2.24, 2.45) is 5.92 Å². The fraction of sp³-hybridized carbons (Fsp3) is 0.360. The maximum atomic E-state index is 13.1. The number of hydrogen-bond acceptors (Lipinski definition) is 4. The Bertz CT molecular complexity index is 960. The lowest BCUT2D eigenvalue weighted by atomic mass is 9.87. The number of β-amino-alcohol motifs (C(OH)–C–C–N with tert-alkyl or cyclic N) is 1. The van der Waals surface area contributed by atoms with Gasteiger partial charge in [0.25, 0.3) is 0 Å². The third-order valence-electron chi connectivity index (χ3n) is 5.92. The van der Waals surface area contributed by atoms with Gasteiger partial charge in [-0.15, -0.1) is 12.4 Å². The smallest absolute Gasteiger partial charge is 0.123 e. The van der Waals surface area contributed by atoms with E-state index in [9.17, 15) is 14.6 Å². The summed E-state index contributed by atoms with van der Waals surface area (Å²) in [6.45, 7) is 2.43. The van der Waals surface area contributed by atoms with Gasteiger partial charge >= 0.3 is 0 Å². The number of likely N-dealkylation sites (tertiary alicyclic amines) is 1. The third kappa shape index (κ3) is 6.17. The van der Waals surface area contributed by atoms with Crippen molar-refractivity contribution in [1.29, 1.82) is 0 Å². The van der Waals surface area contributed by atoms with Crippen LogP contribution in [0.1, 0.15) is 24.5 Å². The second-order valence-corrected chi connectivity index (χ2v) is 8.11.